The van der Waals surface area contributed by atoms with Crippen molar-refractivity contribution in [2.24, 2.45) is 0 Å². The van der Waals surface area contributed by atoms with Crippen molar-refractivity contribution in [3.8, 4) is 17.2 Å². The van der Waals surface area contributed by atoms with Crippen molar-refractivity contribution >= 4 is 0 Å². The Balaban J connectivity index is 2.01. The van der Waals surface area contributed by atoms with Gasteiger partial charge in [0.15, 0.2) is 0 Å². The summed E-state index contributed by atoms with van der Waals surface area (Å²) in [6, 6.07) is 13.2. The average molecular weight is 260 g/mol. The van der Waals surface area contributed by atoms with Gasteiger partial charge in [-0.15, -0.1) is 0 Å². The van der Waals surface area contributed by atoms with E-state index in [4.69, 9.17) is 9.84 Å². The third-order valence-electron chi connectivity index (χ3n) is 2.85. The largest absolute Gasteiger partial charge is 0.508 e. The predicted octanol–water partition coefficient (Wildman–Crippen LogP) is 2.25. The molecule has 0 aliphatic heterocycles. The topological polar surface area (TPSA) is 69.9 Å². The van der Waals surface area contributed by atoms with Crippen molar-refractivity contribution in [3.05, 3.63) is 54.1 Å². The third kappa shape index (κ3) is 3.63. The maximum absolute atomic E-state index is 9.42. The normalized spacial score (nSPS) is 12.1. The summed E-state index contributed by atoms with van der Waals surface area (Å²) in [5, 5.41) is 28.0. The zero-order chi connectivity index (χ0) is 13.7. The van der Waals surface area contributed by atoms with E-state index >= 15 is 0 Å². The summed E-state index contributed by atoms with van der Waals surface area (Å²) < 4.78 is 5.56. The van der Waals surface area contributed by atoms with E-state index in [9.17, 15) is 10.2 Å². The molecule has 0 bridgehead atoms. The summed E-state index contributed by atoms with van der Waals surface area (Å²) in [6.45, 7) is 0.228. The summed E-state index contributed by atoms with van der Waals surface area (Å²) in [4.78, 5) is 0. The first-order chi connectivity index (χ1) is 9.19. The molecule has 2 aromatic rings. The summed E-state index contributed by atoms with van der Waals surface area (Å²) in [5.74, 6) is 0.761. The number of phenolic OH excluding ortho intramolecular Hbond substituents is 2. The van der Waals surface area contributed by atoms with Crippen LogP contribution in [0.15, 0.2) is 48.5 Å². The molecule has 0 amide bonds. The highest BCUT2D eigenvalue weighted by Gasteiger charge is 2.12. The number of aliphatic hydroxyl groups excluding tert-OH is 1. The Morgan fingerprint density at radius 1 is 0.947 bits per heavy atom. The fraction of sp³-hybridized carbons (Fsp3) is 0.200. The number of rotatable bonds is 5. The standard InChI is InChI=1S/C15H16O4/c16-9-12(11-2-1-3-14(18)8-11)10-19-15-6-4-13(17)5-7-15/h1-8,12,16-18H,9-10H2. The van der Waals surface area contributed by atoms with Gasteiger partial charge in [-0.05, 0) is 42.0 Å². The second-order valence-corrected chi connectivity index (χ2v) is 4.28. The first-order valence-electron chi connectivity index (χ1n) is 6.00. The molecule has 100 valence electrons. The highest BCUT2D eigenvalue weighted by molar-refractivity contribution is 5.32. The van der Waals surface area contributed by atoms with E-state index in [0.29, 0.717) is 12.4 Å². The van der Waals surface area contributed by atoms with Crippen molar-refractivity contribution in [2.75, 3.05) is 13.2 Å². The van der Waals surface area contributed by atoms with Crippen LogP contribution in [0.4, 0.5) is 0 Å². The van der Waals surface area contributed by atoms with Crippen molar-refractivity contribution in [3.63, 3.8) is 0 Å². The molecule has 0 aromatic heterocycles. The van der Waals surface area contributed by atoms with Crippen LogP contribution in [0.3, 0.4) is 0 Å². The molecular formula is C15H16O4. The Labute approximate surface area is 111 Å². The van der Waals surface area contributed by atoms with Gasteiger partial charge in [-0.25, -0.2) is 0 Å². The second kappa shape index (κ2) is 6.11. The van der Waals surface area contributed by atoms with Crippen molar-refractivity contribution in [2.45, 2.75) is 5.92 Å². The van der Waals surface area contributed by atoms with Crippen LogP contribution >= 0.6 is 0 Å². The van der Waals surface area contributed by atoms with E-state index < -0.39 is 0 Å². The fourth-order valence-electron chi connectivity index (χ4n) is 1.77. The molecule has 0 fully saturated rings. The lowest BCUT2D eigenvalue weighted by Crippen LogP contribution is -2.14. The molecule has 0 aliphatic rings. The van der Waals surface area contributed by atoms with E-state index in [1.807, 2.05) is 6.07 Å². The molecular weight excluding hydrogens is 244 g/mol. The number of ether oxygens (including phenoxy) is 1. The molecule has 0 saturated heterocycles. The van der Waals surface area contributed by atoms with Gasteiger partial charge in [0.1, 0.15) is 17.2 Å². The van der Waals surface area contributed by atoms with Crippen LogP contribution in [0.25, 0.3) is 0 Å². The molecule has 1 unspecified atom stereocenters. The minimum Gasteiger partial charge on any atom is -0.508 e. The Morgan fingerprint density at radius 2 is 1.68 bits per heavy atom. The van der Waals surface area contributed by atoms with Gasteiger partial charge >= 0.3 is 0 Å². The number of phenols is 2. The number of hydrogen-bond donors (Lipinski definition) is 3. The van der Waals surface area contributed by atoms with Crippen LogP contribution in [0.5, 0.6) is 17.2 Å². The van der Waals surface area contributed by atoms with Gasteiger partial charge < -0.3 is 20.1 Å². The quantitative estimate of drug-likeness (QED) is 0.771. The predicted molar refractivity (Wildman–Crippen MR) is 71.5 cm³/mol. The lowest BCUT2D eigenvalue weighted by molar-refractivity contribution is 0.205. The number of hydrogen-bond acceptors (Lipinski definition) is 4. The Kier molecular flexibility index (Phi) is 4.26. The molecule has 0 spiro atoms. The SMILES string of the molecule is OCC(COc1ccc(O)cc1)c1cccc(O)c1. The van der Waals surface area contributed by atoms with Gasteiger partial charge in [-0.1, -0.05) is 12.1 Å². The van der Waals surface area contributed by atoms with Crippen LogP contribution in [0, 0.1) is 0 Å². The average Bonchev–Trinajstić information content (AvgIpc) is 2.42. The molecule has 1 atom stereocenters. The monoisotopic (exact) mass is 260 g/mol. The van der Waals surface area contributed by atoms with Gasteiger partial charge in [0.05, 0.1) is 13.2 Å². The van der Waals surface area contributed by atoms with Crippen LogP contribution in [-0.4, -0.2) is 28.5 Å². The van der Waals surface area contributed by atoms with Crippen LogP contribution < -0.4 is 4.74 Å². The van der Waals surface area contributed by atoms with E-state index in [2.05, 4.69) is 0 Å². The number of aliphatic hydroxyl groups is 1. The molecule has 4 nitrogen and oxygen atoms in total. The van der Waals surface area contributed by atoms with E-state index in [1.165, 1.54) is 12.1 Å². The zero-order valence-corrected chi connectivity index (χ0v) is 10.4. The molecule has 0 radical (unpaired) electrons. The molecule has 0 heterocycles. The molecule has 2 aromatic carbocycles. The summed E-state index contributed by atoms with van der Waals surface area (Å²) in [6.07, 6.45) is 0. The van der Waals surface area contributed by atoms with E-state index in [0.717, 1.165) is 5.56 Å². The third-order valence-corrected chi connectivity index (χ3v) is 2.85. The second-order valence-electron chi connectivity index (χ2n) is 4.28. The number of benzene rings is 2. The summed E-state index contributed by atoms with van der Waals surface area (Å²) in [5.41, 5.74) is 0.821. The van der Waals surface area contributed by atoms with E-state index in [1.54, 1.807) is 30.3 Å². The molecule has 0 aliphatic carbocycles. The maximum atomic E-state index is 9.42. The lowest BCUT2D eigenvalue weighted by atomic mass is 10.0. The van der Waals surface area contributed by atoms with Gasteiger partial charge in [-0.3, -0.25) is 0 Å². The minimum atomic E-state index is -0.207. The first-order valence-corrected chi connectivity index (χ1v) is 6.00. The van der Waals surface area contributed by atoms with Crippen molar-refractivity contribution in [1.29, 1.82) is 0 Å². The molecule has 2 rings (SSSR count). The Bertz CT molecular complexity index is 522. The Morgan fingerprint density at radius 3 is 2.32 bits per heavy atom. The minimum absolute atomic E-state index is 0.0679. The van der Waals surface area contributed by atoms with Crippen molar-refractivity contribution < 1.29 is 20.1 Å². The van der Waals surface area contributed by atoms with Gasteiger partial charge in [-0.2, -0.15) is 0 Å². The summed E-state index contributed by atoms with van der Waals surface area (Å²) in [7, 11) is 0. The molecule has 19 heavy (non-hydrogen) atoms. The van der Waals surface area contributed by atoms with Crippen LogP contribution in [-0.2, 0) is 0 Å². The molecule has 0 saturated carbocycles. The van der Waals surface area contributed by atoms with Gasteiger partial charge in [0.2, 0.25) is 0 Å². The van der Waals surface area contributed by atoms with Gasteiger partial charge in [0, 0.05) is 5.92 Å². The fourth-order valence-corrected chi connectivity index (χ4v) is 1.77. The Hall–Kier alpha value is -2.20. The van der Waals surface area contributed by atoms with Crippen molar-refractivity contribution in [1.82, 2.24) is 0 Å². The van der Waals surface area contributed by atoms with Crippen LogP contribution in [0.2, 0.25) is 0 Å². The summed E-state index contributed by atoms with van der Waals surface area (Å²) >= 11 is 0. The maximum Gasteiger partial charge on any atom is 0.119 e. The zero-order valence-electron chi connectivity index (χ0n) is 10.4. The molecule has 3 N–H and O–H groups in total. The molecule has 4 heteroatoms. The highest BCUT2D eigenvalue weighted by Crippen LogP contribution is 2.22. The van der Waals surface area contributed by atoms with Crippen LogP contribution in [0.1, 0.15) is 11.5 Å². The van der Waals surface area contributed by atoms with Gasteiger partial charge in [0.25, 0.3) is 0 Å². The lowest BCUT2D eigenvalue weighted by Gasteiger charge is -2.16. The smallest absolute Gasteiger partial charge is 0.119 e. The number of aromatic hydroxyl groups is 2. The highest BCUT2D eigenvalue weighted by atomic mass is 16.5. The van der Waals surface area contributed by atoms with E-state index in [-0.39, 0.29) is 24.0 Å². The first kappa shape index (κ1) is 13.2.